The number of thioether (sulfide) groups is 1. The van der Waals surface area contributed by atoms with Gasteiger partial charge < -0.3 is 5.32 Å². The number of thiophene rings is 1. The van der Waals surface area contributed by atoms with Gasteiger partial charge in [-0.25, -0.2) is 4.39 Å². The zero-order chi connectivity index (χ0) is 14.9. The molecule has 0 saturated heterocycles. The molecule has 110 valence electrons. The molecule has 1 N–H and O–H groups in total. The molecular formula is C16H16FNOS2. The van der Waals surface area contributed by atoms with E-state index in [4.69, 9.17) is 0 Å². The fourth-order valence-corrected chi connectivity index (χ4v) is 3.11. The molecule has 1 amide bonds. The quantitative estimate of drug-likeness (QED) is 0.618. The average molecular weight is 321 g/mol. The van der Waals surface area contributed by atoms with Crippen LogP contribution in [0.3, 0.4) is 0 Å². The molecule has 5 heteroatoms. The number of amides is 1. The smallest absolute Gasteiger partial charge is 0.244 e. The second kappa shape index (κ2) is 8.64. The molecule has 0 aliphatic heterocycles. The summed E-state index contributed by atoms with van der Waals surface area (Å²) in [4.78, 5) is 12.6. The molecule has 0 saturated carbocycles. The lowest BCUT2D eigenvalue weighted by molar-refractivity contribution is -0.116. The van der Waals surface area contributed by atoms with E-state index >= 15 is 0 Å². The lowest BCUT2D eigenvalue weighted by atomic mass is 10.2. The second-order valence-electron chi connectivity index (χ2n) is 4.28. The Hall–Kier alpha value is -1.59. The van der Waals surface area contributed by atoms with Crippen molar-refractivity contribution < 1.29 is 9.18 Å². The molecule has 0 spiro atoms. The summed E-state index contributed by atoms with van der Waals surface area (Å²) in [6, 6.07) is 10.7. The van der Waals surface area contributed by atoms with Crippen molar-refractivity contribution in [3.63, 3.8) is 0 Å². The Morgan fingerprint density at radius 3 is 2.90 bits per heavy atom. The summed E-state index contributed by atoms with van der Waals surface area (Å²) >= 11 is 3.19. The second-order valence-corrected chi connectivity index (χ2v) is 6.37. The van der Waals surface area contributed by atoms with Crippen molar-refractivity contribution in [3.8, 4) is 0 Å². The molecule has 2 nitrogen and oxygen atoms in total. The summed E-state index contributed by atoms with van der Waals surface area (Å²) in [6.07, 6.45) is 3.33. The zero-order valence-electron chi connectivity index (χ0n) is 11.4. The van der Waals surface area contributed by atoms with Gasteiger partial charge in [0.25, 0.3) is 0 Å². The van der Waals surface area contributed by atoms with Crippen LogP contribution < -0.4 is 5.32 Å². The van der Waals surface area contributed by atoms with Crippen LogP contribution in [0.2, 0.25) is 0 Å². The van der Waals surface area contributed by atoms with Gasteiger partial charge in [0.2, 0.25) is 5.91 Å². The summed E-state index contributed by atoms with van der Waals surface area (Å²) in [7, 11) is 0. The molecule has 0 fully saturated rings. The van der Waals surface area contributed by atoms with Crippen molar-refractivity contribution >= 4 is 35.1 Å². The number of carbonyl (C=O) groups is 1. The van der Waals surface area contributed by atoms with Gasteiger partial charge >= 0.3 is 0 Å². The van der Waals surface area contributed by atoms with E-state index in [1.165, 1.54) is 12.1 Å². The van der Waals surface area contributed by atoms with E-state index in [0.29, 0.717) is 17.9 Å². The molecule has 2 rings (SSSR count). The number of hydrogen-bond acceptors (Lipinski definition) is 3. The van der Waals surface area contributed by atoms with Crippen molar-refractivity contribution in [2.24, 2.45) is 0 Å². The Morgan fingerprint density at radius 2 is 2.14 bits per heavy atom. The largest absolute Gasteiger partial charge is 0.352 e. The van der Waals surface area contributed by atoms with E-state index in [1.807, 2.05) is 23.6 Å². The highest BCUT2D eigenvalue weighted by molar-refractivity contribution is 7.98. The van der Waals surface area contributed by atoms with Crippen LogP contribution in [0.4, 0.5) is 4.39 Å². The van der Waals surface area contributed by atoms with Gasteiger partial charge in [0.05, 0.1) is 0 Å². The van der Waals surface area contributed by atoms with Crippen molar-refractivity contribution in [3.05, 3.63) is 64.1 Å². The minimum absolute atomic E-state index is 0.102. The van der Waals surface area contributed by atoms with Gasteiger partial charge in [-0.2, -0.15) is 11.8 Å². The third-order valence-corrected chi connectivity index (χ3v) is 4.55. The van der Waals surface area contributed by atoms with Gasteiger partial charge in [-0.3, -0.25) is 4.79 Å². The Kier molecular flexibility index (Phi) is 6.50. The number of rotatable bonds is 7. The highest BCUT2D eigenvalue weighted by Gasteiger charge is 2.00. The predicted molar refractivity (Wildman–Crippen MR) is 88.9 cm³/mol. The van der Waals surface area contributed by atoms with Crippen molar-refractivity contribution in [1.82, 2.24) is 5.32 Å². The van der Waals surface area contributed by atoms with Crippen LogP contribution in [0.15, 0.2) is 47.9 Å². The number of halogens is 1. The Balaban J connectivity index is 1.61. The van der Waals surface area contributed by atoms with Crippen LogP contribution in [0.25, 0.3) is 6.08 Å². The van der Waals surface area contributed by atoms with Crippen LogP contribution in [-0.2, 0) is 10.5 Å². The molecule has 1 aromatic heterocycles. The Bertz CT molecular complexity index is 596. The molecule has 0 unspecified atom stereocenters. The topological polar surface area (TPSA) is 29.1 Å². The molecule has 0 radical (unpaired) electrons. The fraction of sp³-hybridized carbons (Fsp3) is 0.188. The molecule has 0 bridgehead atoms. The fourth-order valence-electron chi connectivity index (χ4n) is 1.65. The lowest BCUT2D eigenvalue weighted by Gasteiger charge is -2.04. The third kappa shape index (κ3) is 5.73. The van der Waals surface area contributed by atoms with E-state index in [2.05, 4.69) is 5.32 Å². The van der Waals surface area contributed by atoms with Crippen molar-refractivity contribution in [2.45, 2.75) is 5.75 Å². The molecule has 0 aliphatic rings. The van der Waals surface area contributed by atoms with Crippen LogP contribution in [0.5, 0.6) is 0 Å². The normalized spacial score (nSPS) is 10.9. The van der Waals surface area contributed by atoms with E-state index in [0.717, 1.165) is 10.6 Å². The van der Waals surface area contributed by atoms with Crippen LogP contribution in [0.1, 0.15) is 10.4 Å². The van der Waals surface area contributed by atoms with Crippen LogP contribution in [-0.4, -0.2) is 18.2 Å². The highest BCUT2D eigenvalue weighted by atomic mass is 32.2. The number of nitrogens with one attached hydrogen (secondary N) is 1. The minimum atomic E-state index is -0.173. The summed E-state index contributed by atoms with van der Waals surface area (Å²) in [6.45, 7) is 0.576. The molecule has 0 atom stereocenters. The van der Waals surface area contributed by atoms with Gasteiger partial charge in [-0.1, -0.05) is 24.3 Å². The van der Waals surface area contributed by atoms with Gasteiger partial charge in [0.15, 0.2) is 0 Å². The summed E-state index contributed by atoms with van der Waals surface area (Å²) < 4.78 is 13.4. The average Bonchev–Trinajstić information content (AvgIpc) is 3.00. The summed E-state index contributed by atoms with van der Waals surface area (Å²) in [5, 5.41) is 4.78. The van der Waals surface area contributed by atoms with Gasteiger partial charge in [0, 0.05) is 29.0 Å². The molecule has 21 heavy (non-hydrogen) atoms. The highest BCUT2D eigenvalue weighted by Crippen LogP contribution is 2.14. The maximum atomic E-state index is 13.4. The zero-order valence-corrected chi connectivity index (χ0v) is 13.1. The molecule has 0 aliphatic carbocycles. The van der Waals surface area contributed by atoms with Gasteiger partial charge in [-0.15, -0.1) is 11.3 Å². The van der Waals surface area contributed by atoms with Gasteiger partial charge in [-0.05, 0) is 29.2 Å². The monoisotopic (exact) mass is 321 g/mol. The van der Waals surface area contributed by atoms with E-state index in [1.54, 1.807) is 41.3 Å². The SMILES string of the molecule is O=C(/C=C/c1cccs1)NCCSCc1ccccc1F. The van der Waals surface area contributed by atoms with Crippen LogP contribution >= 0.6 is 23.1 Å². The van der Waals surface area contributed by atoms with E-state index in [-0.39, 0.29) is 11.7 Å². The molecule has 1 aromatic carbocycles. The molecule has 1 heterocycles. The number of carbonyl (C=O) groups excluding carboxylic acids is 1. The maximum absolute atomic E-state index is 13.4. The lowest BCUT2D eigenvalue weighted by Crippen LogP contribution is -2.23. The number of benzene rings is 1. The summed E-state index contributed by atoms with van der Waals surface area (Å²) in [5.41, 5.74) is 0.700. The first kappa shape index (κ1) is 15.8. The molecule has 2 aromatic rings. The Morgan fingerprint density at radius 1 is 1.29 bits per heavy atom. The first-order chi connectivity index (χ1) is 10.3. The Labute approximate surface area is 132 Å². The minimum Gasteiger partial charge on any atom is -0.352 e. The molecular weight excluding hydrogens is 305 g/mol. The predicted octanol–water partition coefficient (Wildman–Crippen LogP) is 3.95. The van der Waals surface area contributed by atoms with Crippen molar-refractivity contribution in [1.29, 1.82) is 0 Å². The van der Waals surface area contributed by atoms with E-state index in [9.17, 15) is 9.18 Å². The standard InChI is InChI=1S/C16H16FNOS2/c17-15-6-2-1-4-13(15)12-20-11-9-18-16(19)8-7-14-5-3-10-21-14/h1-8,10H,9,11-12H2,(H,18,19)/b8-7+. The number of hydrogen-bond donors (Lipinski definition) is 1. The van der Waals surface area contributed by atoms with E-state index < -0.39 is 0 Å². The maximum Gasteiger partial charge on any atom is 0.244 e. The van der Waals surface area contributed by atoms with Crippen molar-refractivity contribution in [2.75, 3.05) is 12.3 Å². The van der Waals surface area contributed by atoms with Gasteiger partial charge in [0.1, 0.15) is 5.82 Å². The first-order valence-corrected chi connectivity index (χ1v) is 8.60. The summed E-state index contributed by atoms with van der Waals surface area (Å²) in [5.74, 6) is 1.10. The first-order valence-electron chi connectivity index (χ1n) is 6.56. The third-order valence-electron chi connectivity index (χ3n) is 2.70. The van der Waals surface area contributed by atoms with Crippen LogP contribution in [0, 0.1) is 5.82 Å².